The molecule has 1 N–H and O–H groups in total. The van der Waals surface area contributed by atoms with E-state index in [1.165, 1.54) is 6.33 Å². The SMILES string of the molecule is COc1ncnc(C2CC2)c1-c1nc2ccnc(Cc3ccc(-c4nc(C(F)(F)F)c5n4CCNC5)cc3)c2o1. The largest absolute Gasteiger partial charge is 0.480 e. The van der Waals surface area contributed by atoms with Crippen molar-refractivity contribution in [3.63, 3.8) is 0 Å². The van der Waals surface area contributed by atoms with Gasteiger partial charge in [0.1, 0.15) is 23.2 Å². The zero-order valence-corrected chi connectivity index (χ0v) is 21.5. The van der Waals surface area contributed by atoms with E-state index in [1.807, 2.05) is 12.1 Å². The second kappa shape index (κ2) is 9.40. The van der Waals surface area contributed by atoms with Crippen LogP contribution in [-0.4, -0.2) is 43.1 Å². The van der Waals surface area contributed by atoms with Crippen molar-refractivity contribution in [1.82, 2.24) is 34.8 Å². The highest BCUT2D eigenvalue weighted by atomic mass is 19.4. The second-order valence-corrected chi connectivity index (χ2v) is 9.97. The van der Waals surface area contributed by atoms with Gasteiger partial charge in [-0.2, -0.15) is 13.2 Å². The molecular formula is C28H24F3N7O2. The van der Waals surface area contributed by atoms with Crippen LogP contribution in [-0.2, 0) is 25.7 Å². The lowest BCUT2D eigenvalue weighted by molar-refractivity contribution is -0.141. The predicted molar refractivity (Wildman–Crippen MR) is 139 cm³/mol. The average molecular weight is 548 g/mol. The molecule has 12 heteroatoms. The van der Waals surface area contributed by atoms with E-state index in [0.29, 0.717) is 70.9 Å². The molecule has 0 spiro atoms. The molecule has 1 aliphatic heterocycles. The molecule has 1 aliphatic carbocycles. The molecule has 9 nitrogen and oxygen atoms in total. The zero-order valence-electron chi connectivity index (χ0n) is 21.5. The molecule has 1 saturated carbocycles. The van der Waals surface area contributed by atoms with Crippen LogP contribution in [0.15, 0.2) is 47.3 Å². The summed E-state index contributed by atoms with van der Waals surface area (Å²) >= 11 is 0. The van der Waals surface area contributed by atoms with E-state index in [9.17, 15) is 13.2 Å². The Morgan fingerprint density at radius 1 is 1.07 bits per heavy atom. The van der Waals surface area contributed by atoms with Gasteiger partial charge in [0.2, 0.25) is 11.8 Å². The molecular weight excluding hydrogens is 523 g/mol. The lowest BCUT2D eigenvalue weighted by Crippen LogP contribution is -2.29. The van der Waals surface area contributed by atoms with Crippen molar-refractivity contribution in [1.29, 1.82) is 0 Å². The van der Waals surface area contributed by atoms with Crippen LogP contribution in [0.4, 0.5) is 13.2 Å². The molecule has 0 amide bonds. The number of hydrogen-bond donors (Lipinski definition) is 1. The van der Waals surface area contributed by atoms with Gasteiger partial charge < -0.3 is 19.0 Å². The van der Waals surface area contributed by atoms with Gasteiger partial charge >= 0.3 is 6.18 Å². The Bertz CT molecular complexity index is 1720. The third kappa shape index (κ3) is 4.28. The number of oxazole rings is 1. The molecule has 0 saturated heterocycles. The topological polar surface area (TPSA) is 104 Å². The summed E-state index contributed by atoms with van der Waals surface area (Å²) in [5.41, 5.74) is 4.31. The third-order valence-electron chi connectivity index (χ3n) is 7.32. The van der Waals surface area contributed by atoms with E-state index < -0.39 is 11.9 Å². The van der Waals surface area contributed by atoms with Crippen LogP contribution in [0.5, 0.6) is 5.88 Å². The van der Waals surface area contributed by atoms with E-state index >= 15 is 0 Å². The quantitative estimate of drug-likeness (QED) is 0.312. The maximum Gasteiger partial charge on any atom is 0.435 e. The molecule has 5 aromatic rings. The van der Waals surface area contributed by atoms with Crippen LogP contribution >= 0.6 is 0 Å². The summed E-state index contributed by atoms with van der Waals surface area (Å²) in [6.45, 7) is 1.15. The molecule has 5 heterocycles. The van der Waals surface area contributed by atoms with Gasteiger partial charge in [0.05, 0.1) is 24.2 Å². The Hall–Kier alpha value is -4.32. The fourth-order valence-electron chi connectivity index (χ4n) is 5.26. The van der Waals surface area contributed by atoms with Crippen LogP contribution in [0.25, 0.3) is 33.9 Å². The highest BCUT2D eigenvalue weighted by Crippen LogP contribution is 2.46. The molecule has 0 radical (unpaired) electrons. The molecule has 7 rings (SSSR count). The van der Waals surface area contributed by atoms with Crippen molar-refractivity contribution >= 4 is 11.1 Å². The number of hydrogen-bond acceptors (Lipinski definition) is 8. The molecule has 4 aromatic heterocycles. The van der Waals surface area contributed by atoms with E-state index in [1.54, 1.807) is 36.1 Å². The summed E-state index contributed by atoms with van der Waals surface area (Å²) in [5.74, 6) is 1.46. The fourth-order valence-corrected chi connectivity index (χ4v) is 5.26. The van der Waals surface area contributed by atoms with Gasteiger partial charge in [0.25, 0.3) is 0 Å². The van der Waals surface area contributed by atoms with Gasteiger partial charge in [-0.3, -0.25) is 4.98 Å². The number of imidazole rings is 1. The van der Waals surface area contributed by atoms with Gasteiger partial charge in [-0.15, -0.1) is 0 Å². The number of methoxy groups -OCH3 is 1. The number of rotatable bonds is 6. The minimum atomic E-state index is -4.51. The summed E-state index contributed by atoms with van der Waals surface area (Å²) < 4.78 is 54.3. The molecule has 0 bridgehead atoms. The van der Waals surface area contributed by atoms with Gasteiger partial charge in [0.15, 0.2) is 11.3 Å². The van der Waals surface area contributed by atoms with Gasteiger partial charge in [-0.25, -0.2) is 19.9 Å². The van der Waals surface area contributed by atoms with E-state index in [-0.39, 0.29) is 12.2 Å². The Morgan fingerprint density at radius 2 is 1.90 bits per heavy atom. The monoisotopic (exact) mass is 547 g/mol. The number of alkyl halides is 3. The number of fused-ring (bicyclic) bond motifs is 2. The van der Waals surface area contributed by atoms with Crippen molar-refractivity contribution in [3.05, 3.63) is 71.2 Å². The second-order valence-electron chi connectivity index (χ2n) is 9.97. The first-order chi connectivity index (χ1) is 19.4. The minimum Gasteiger partial charge on any atom is -0.480 e. The zero-order chi connectivity index (χ0) is 27.4. The van der Waals surface area contributed by atoms with Crippen molar-refractivity contribution < 1.29 is 22.3 Å². The normalized spacial score (nSPS) is 15.4. The van der Waals surface area contributed by atoms with E-state index in [2.05, 4.69) is 25.3 Å². The van der Waals surface area contributed by atoms with Crippen molar-refractivity contribution in [3.8, 4) is 28.7 Å². The van der Waals surface area contributed by atoms with Gasteiger partial charge in [0, 0.05) is 43.7 Å². The standard InChI is InChI=1S/C28H24F3N7O2/c1-39-26-21(22(16-6-7-16)34-14-35-26)27-36-18-8-9-33-19(23(18)40-27)12-15-2-4-17(5-3-15)25-37-24(28(29,30)31)20-13-32-10-11-38(20)25/h2-5,8-9,14,16,32H,6-7,10-13H2,1H3. The lowest BCUT2D eigenvalue weighted by atomic mass is 10.1. The average Bonchev–Trinajstić information content (AvgIpc) is 3.59. The Morgan fingerprint density at radius 3 is 2.65 bits per heavy atom. The first-order valence-electron chi connectivity index (χ1n) is 13.0. The molecule has 40 heavy (non-hydrogen) atoms. The summed E-state index contributed by atoms with van der Waals surface area (Å²) in [4.78, 5) is 22.0. The van der Waals surface area contributed by atoms with Crippen LogP contribution < -0.4 is 10.1 Å². The Labute approximate surface area is 226 Å². The molecule has 204 valence electrons. The van der Waals surface area contributed by atoms with Crippen molar-refractivity contribution in [2.24, 2.45) is 0 Å². The highest BCUT2D eigenvalue weighted by molar-refractivity contribution is 5.80. The smallest absolute Gasteiger partial charge is 0.435 e. The number of nitrogens with one attached hydrogen (secondary N) is 1. The fraction of sp³-hybridized carbons (Fsp3) is 0.321. The van der Waals surface area contributed by atoms with Gasteiger partial charge in [-0.05, 0) is 24.5 Å². The molecule has 0 atom stereocenters. The summed E-state index contributed by atoms with van der Waals surface area (Å²) in [5, 5.41) is 3.00. The summed E-state index contributed by atoms with van der Waals surface area (Å²) in [6, 6.07) is 9.14. The minimum absolute atomic E-state index is 0.137. The highest BCUT2D eigenvalue weighted by Gasteiger charge is 2.39. The molecule has 0 unspecified atom stereocenters. The maximum atomic E-state index is 13.6. The van der Waals surface area contributed by atoms with Crippen molar-refractivity contribution in [2.75, 3.05) is 13.7 Å². The summed E-state index contributed by atoms with van der Waals surface area (Å²) in [7, 11) is 1.56. The third-order valence-corrected chi connectivity index (χ3v) is 7.32. The van der Waals surface area contributed by atoms with Crippen LogP contribution in [0, 0.1) is 0 Å². The lowest BCUT2D eigenvalue weighted by Gasteiger charge is -2.19. The summed E-state index contributed by atoms with van der Waals surface area (Å²) in [6.07, 6.45) is 1.21. The van der Waals surface area contributed by atoms with Crippen LogP contribution in [0.3, 0.4) is 0 Å². The predicted octanol–water partition coefficient (Wildman–Crippen LogP) is 5.14. The number of aromatic nitrogens is 6. The molecule has 1 aromatic carbocycles. The first-order valence-corrected chi connectivity index (χ1v) is 13.0. The van der Waals surface area contributed by atoms with Crippen LogP contribution in [0.1, 0.15) is 47.1 Å². The number of ether oxygens (including phenoxy) is 1. The van der Waals surface area contributed by atoms with Crippen LogP contribution in [0.2, 0.25) is 0 Å². The molecule has 1 fully saturated rings. The number of nitrogens with zero attached hydrogens (tertiary/aromatic N) is 6. The first kappa shape index (κ1) is 24.7. The maximum absolute atomic E-state index is 13.6. The Kier molecular flexibility index (Phi) is 5.81. The number of halogens is 3. The van der Waals surface area contributed by atoms with E-state index in [4.69, 9.17) is 14.1 Å². The van der Waals surface area contributed by atoms with E-state index in [0.717, 1.165) is 24.1 Å². The number of pyridine rings is 1. The Balaban J connectivity index is 1.21. The van der Waals surface area contributed by atoms with Crippen molar-refractivity contribution in [2.45, 2.75) is 44.4 Å². The number of benzene rings is 1. The molecule has 2 aliphatic rings. The van der Waals surface area contributed by atoms with Gasteiger partial charge in [-0.1, -0.05) is 24.3 Å².